The van der Waals surface area contributed by atoms with Crippen LogP contribution in [0.1, 0.15) is 59.3 Å². The predicted octanol–water partition coefficient (Wildman–Crippen LogP) is 3.46. The molecular formula is C15H29NO. The molecule has 0 unspecified atom stereocenters. The van der Waals surface area contributed by atoms with Gasteiger partial charge in [0, 0.05) is 18.6 Å². The Labute approximate surface area is 107 Å². The Morgan fingerprint density at radius 2 is 1.59 bits per heavy atom. The van der Waals surface area contributed by atoms with Crippen LogP contribution in [0.15, 0.2) is 0 Å². The van der Waals surface area contributed by atoms with Crippen molar-refractivity contribution in [1.29, 1.82) is 0 Å². The lowest BCUT2D eigenvalue weighted by Crippen LogP contribution is -2.55. The molecule has 1 saturated carbocycles. The molecule has 0 bridgehead atoms. The molecule has 2 nitrogen and oxygen atoms in total. The quantitative estimate of drug-likeness (QED) is 0.732. The summed E-state index contributed by atoms with van der Waals surface area (Å²) in [6.07, 6.45) is 8.45. The maximum atomic E-state index is 5.52. The van der Waals surface area contributed by atoms with E-state index in [1.165, 1.54) is 38.5 Å². The highest BCUT2D eigenvalue weighted by atomic mass is 16.5. The Hall–Kier alpha value is -0.0800. The average Bonchev–Trinajstić information content (AvgIpc) is 2.29. The van der Waals surface area contributed by atoms with Crippen LogP contribution in [0.3, 0.4) is 0 Å². The van der Waals surface area contributed by atoms with E-state index < -0.39 is 0 Å². The standard InChI is InChI=1S/C15H29NO/c1-14(2,3)13-15(7-5-4-6-8-15)16-9-11-17-12-10-16/h4-13H2,1-3H3. The van der Waals surface area contributed by atoms with E-state index in [0.717, 1.165) is 26.3 Å². The Balaban J connectivity index is 2.10. The molecule has 0 amide bonds. The van der Waals surface area contributed by atoms with E-state index in [-0.39, 0.29) is 0 Å². The van der Waals surface area contributed by atoms with Crippen molar-refractivity contribution in [3.8, 4) is 0 Å². The Bertz CT molecular complexity index is 232. The smallest absolute Gasteiger partial charge is 0.0594 e. The fourth-order valence-corrected chi connectivity index (χ4v) is 3.84. The van der Waals surface area contributed by atoms with Crippen molar-refractivity contribution in [2.75, 3.05) is 26.3 Å². The second kappa shape index (κ2) is 5.27. The molecule has 0 aromatic carbocycles. The van der Waals surface area contributed by atoms with Crippen molar-refractivity contribution in [2.45, 2.75) is 64.8 Å². The molecule has 1 aliphatic heterocycles. The molecule has 2 fully saturated rings. The summed E-state index contributed by atoms with van der Waals surface area (Å²) in [5.41, 5.74) is 0.927. The first kappa shape index (κ1) is 13.4. The van der Waals surface area contributed by atoms with Crippen LogP contribution in [0.25, 0.3) is 0 Å². The molecule has 17 heavy (non-hydrogen) atoms. The minimum atomic E-state index is 0.440. The van der Waals surface area contributed by atoms with Crippen LogP contribution in [0.2, 0.25) is 0 Å². The monoisotopic (exact) mass is 239 g/mol. The SMILES string of the molecule is CC(C)(C)CC1(N2CCOCC2)CCCCC1. The van der Waals surface area contributed by atoms with Crippen molar-refractivity contribution in [3.05, 3.63) is 0 Å². The second-order valence-corrected chi connectivity index (χ2v) is 7.12. The molecule has 0 aromatic rings. The van der Waals surface area contributed by atoms with Crippen molar-refractivity contribution in [3.63, 3.8) is 0 Å². The van der Waals surface area contributed by atoms with Gasteiger partial charge in [-0.05, 0) is 24.7 Å². The van der Waals surface area contributed by atoms with Crippen molar-refractivity contribution >= 4 is 0 Å². The number of hydrogen-bond donors (Lipinski definition) is 0. The molecule has 2 rings (SSSR count). The Morgan fingerprint density at radius 3 is 2.12 bits per heavy atom. The highest BCUT2D eigenvalue weighted by Crippen LogP contribution is 2.42. The summed E-state index contributed by atoms with van der Waals surface area (Å²) in [4.78, 5) is 2.75. The molecule has 0 spiro atoms. The van der Waals surface area contributed by atoms with E-state index in [1.54, 1.807) is 0 Å². The van der Waals surface area contributed by atoms with Crippen LogP contribution in [0, 0.1) is 5.41 Å². The lowest BCUT2D eigenvalue weighted by atomic mass is 9.70. The van der Waals surface area contributed by atoms with Crippen molar-refractivity contribution < 1.29 is 4.74 Å². The zero-order valence-corrected chi connectivity index (χ0v) is 11.9. The summed E-state index contributed by atoms with van der Waals surface area (Å²) in [6.45, 7) is 11.3. The lowest BCUT2D eigenvalue weighted by molar-refractivity contribution is -0.0530. The number of rotatable bonds is 2. The molecule has 1 heterocycles. The molecule has 0 aromatic heterocycles. The van der Waals surface area contributed by atoms with E-state index in [1.807, 2.05) is 0 Å². The van der Waals surface area contributed by atoms with Gasteiger partial charge >= 0.3 is 0 Å². The van der Waals surface area contributed by atoms with Crippen LogP contribution in [0.5, 0.6) is 0 Å². The highest BCUT2D eigenvalue weighted by Gasteiger charge is 2.40. The molecule has 0 atom stereocenters. The van der Waals surface area contributed by atoms with Crippen LogP contribution in [-0.4, -0.2) is 36.7 Å². The third-order valence-corrected chi connectivity index (χ3v) is 4.33. The van der Waals surface area contributed by atoms with E-state index in [2.05, 4.69) is 25.7 Å². The summed E-state index contributed by atoms with van der Waals surface area (Å²) in [5, 5.41) is 0. The maximum absolute atomic E-state index is 5.52. The normalized spacial score (nSPS) is 27.0. The highest BCUT2D eigenvalue weighted by molar-refractivity contribution is 4.96. The van der Waals surface area contributed by atoms with Crippen LogP contribution in [-0.2, 0) is 4.74 Å². The van der Waals surface area contributed by atoms with Crippen LogP contribution in [0.4, 0.5) is 0 Å². The second-order valence-electron chi connectivity index (χ2n) is 7.12. The zero-order valence-electron chi connectivity index (χ0n) is 11.9. The molecule has 1 saturated heterocycles. The third kappa shape index (κ3) is 3.45. The number of hydrogen-bond acceptors (Lipinski definition) is 2. The van der Waals surface area contributed by atoms with E-state index in [0.29, 0.717) is 11.0 Å². The topological polar surface area (TPSA) is 12.5 Å². The number of morpholine rings is 1. The van der Waals surface area contributed by atoms with Gasteiger partial charge in [-0.1, -0.05) is 40.0 Å². The minimum absolute atomic E-state index is 0.440. The fourth-order valence-electron chi connectivity index (χ4n) is 3.84. The first-order valence-electron chi connectivity index (χ1n) is 7.35. The van der Waals surface area contributed by atoms with Gasteiger partial charge in [-0.25, -0.2) is 0 Å². The predicted molar refractivity (Wildman–Crippen MR) is 72.3 cm³/mol. The molecular weight excluding hydrogens is 210 g/mol. The van der Waals surface area contributed by atoms with E-state index >= 15 is 0 Å². The van der Waals surface area contributed by atoms with Gasteiger partial charge < -0.3 is 4.74 Å². The lowest BCUT2D eigenvalue weighted by Gasteiger charge is -2.50. The number of nitrogens with zero attached hydrogens (tertiary/aromatic N) is 1. The van der Waals surface area contributed by atoms with E-state index in [9.17, 15) is 0 Å². The number of ether oxygens (including phenoxy) is 1. The van der Waals surface area contributed by atoms with Gasteiger partial charge in [-0.3, -0.25) is 4.90 Å². The van der Waals surface area contributed by atoms with Crippen molar-refractivity contribution in [1.82, 2.24) is 4.90 Å². The summed E-state index contributed by atoms with van der Waals surface area (Å²) < 4.78 is 5.52. The maximum Gasteiger partial charge on any atom is 0.0594 e. The van der Waals surface area contributed by atoms with Gasteiger partial charge in [0.1, 0.15) is 0 Å². The molecule has 2 aliphatic rings. The summed E-state index contributed by atoms with van der Waals surface area (Å²) in [7, 11) is 0. The minimum Gasteiger partial charge on any atom is -0.379 e. The summed E-state index contributed by atoms with van der Waals surface area (Å²) >= 11 is 0. The zero-order chi connectivity index (χ0) is 12.4. The van der Waals surface area contributed by atoms with Crippen LogP contribution >= 0.6 is 0 Å². The summed E-state index contributed by atoms with van der Waals surface area (Å²) in [6, 6.07) is 0. The summed E-state index contributed by atoms with van der Waals surface area (Å²) in [5.74, 6) is 0. The molecule has 100 valence electrons. The molecule has 2 heteroatoms. The van der Waals surface area contributed by atoms with Crippen molar-refractivity contribution in [2.24, 2.45) is 5.41 Å². The molecule has 0 radical (unpaired) electrons. The Kier molecular flexibility index (Phi) is 4.14. The van der Waals surface area contributed by atoms with E-state index in [4.69, 9.17) is 4.74 Å². The third-order valence-electron chi connectivity index (χ3n) is 4.33. The van der Waals surface area contributed by atoms with Crippen LogP contribution < -0.4 is 0 Å². The fraction of sp³-hybridized carbons (Fsp3) is 1.00. The molecule has 1 aliphatic carbocycles. The van der Waals surface area contributed by atoms with Gasteiger partial charge in [0.2, 0.25) is 0 Å². The van der Waals surface area contributed by atoms with Gasteiger partial charge in [-0.15, -0.1) is 0 Å². The van der Waals surface area contributed by atoms with Gasteiger partial charge in [0.15, 0.2) is 0 Å². The average molecular weight is 239 g/mol. The first-order valence-corrected chi connectivity index (χ1v) is 7.35. The van der Waals surface area contributed by atoms with Gasteiger partial charge in [0.05, 0.1) is 13.2 Å². The Morgan fingerprint density at radius 1 is 1.00 bits per heavy atom. The molecule has 0 N–H and O–H groups in total. The van der Waals surface area contributed by atoms with Gasteiger partial charge in [0.25, 0.3) is 0 Å². The van der Waals surface area contributed by atoms with Gasteiger partial charge in [-0.2, -0.15) is 0 Å². The largest absolute Gasteiger partial charge is 0.379 e. The first-order chi connectivity index (χ1) is 8.02.